The van der Waals surface area contributed by atoms with Crippen molar-refractivity contribution < 1.29 is 28.6 Å². The molecule has 8 rings (SSSR count). The number of halogens is 2. The van der Waals surface area contributed by atoms with Crippen LogP contribution in [0.15, 0.2) is 54.2 Å². The SMILES string of the molecule is CNc1nc(Nc2ccc(C(O)N3CCN(CC4CCC(CSC(C)(C)[C@H](NC(=O)C5(F)CC5)C(=O)N5CCCC5C(=O)NCc5ccc(-c6scnc6C)cc5)CC4)CC3)cc2OC)ncc1Cl. The molecule has 15 nitrogen and oxygen atoms in total. The van der Waals surface area contributed by atoms with Gasteiger partial charge in [-0.3, -0.25) is 19.3 Å². The molecule has 372 valence electrons. The highest BCUT2D eigenvalue weighted by Gasteiger charge is 2.54. The summed E-state index contributed by atoms with van der Waals surface area (Å²) >= 11 is 9.41. The zero-order valence-corrected chi connectivity index (χ0v) is 42.6. The van der Waals surface area contributed by atoms with Gasteiger partial charge in [-0.05, 0) is 119 Å². The molecule has 19 heteroatoms. The number of aliphatic hydroxyl groups excluding tert-OH is 1. The fourth-order valence-corrected chi connectivity index (χ4v) is 12.0. The van der Waals surface area contributed by atoms with Crippen LogP contribution in [0.2, 0.25) is 5.02 Å². The van der Waals surface area contributed by atoms with Gasteiger partial charge in [0, 0.05) is 57.6 Å². The molecule has 4 fully saturated rings. The topological polar surface area (TPSA) is 177 Å². The highest BCUT2D eigenvalue weighted by molar-refractivity contribution is 8.00. The number of hydrogen-bond donors (Lipinski definition) is 5. The van der Waals surface area contributed by atoms with Crippen LogP contribution < -0.4 is 26.0 Å². The van der Waals surface area contributed by atoms with Crippen molar-refractivity contribution in [3.8, 4) is 16.2 Å². The Morgan fingerprint density at radius 2 is 1.74 bits per heavy atom. The third-order valence-corrected chi connectivity index (χ3v) is 17.1. The van der Waals surface area contributed by atoms with Gasteiger partial charge in [0.1, 0.15) is 34.9 Å². The number of aromatic nitrogens is 3. The number of amides is 3. The fourth-order valence-electron chi connectivity index (χ4n) is 9.72. The molecule has 4 aromatic rings. The third kappa shape index (κ3) is 12.3. The predicted octanol–water partition coefficient (Wildman–Crippen LogP) is 7.58. The lowest BCUT2D eigenvalue weighted by Gasteiger charge is -2.40. The molecule has 0 bridgehead atoms. The molecule has 2 aliphatic carbocycles. The van der Waals surface area contributed by atoms with E-state index >= 15 is 4.39 Å². The number of piperazine rings is 1. The van der Waals surface area contributed by atoms with Crippen molar-refractivity contribution in [2.75, 3.05) is 69.8 Å². The van der Waals surface area contributed by atoms with Crippen molar-refractivity contribution in [2.45, 2.75) is 107 Å². The van der Waals surface area contributed by atoms with Crippen LogP contribution in [-0.2, 0) is 20.9 Å². The van der Waals surface area contributed by atoms with E-state index in [9.17, 15) is 19.5 Å². The average Bonchev–Trinajstić information content (AvgIpc) is 3.68. The van der Waals surface area contributed by atoms with Crippen LogP contribution >= 0.6 is 34.7 Å². The number of nitrogens with zero attached hydrogens (tertiary/aromatic N) is 6. The van der Waals surface area contributed by atoms with Crippen molar-refractivity contribution in [1.29, 1.82) is 0 Å². The smallest absolute Gasteiger partial charge is 0.258 e. The molecule has 0 spiro atoms. The summed E-state index contributed by atoms with van der Waals surface area (Å²) in [6.07, 6.45) is 6.59. The second kappa shape index (κ2) is 22.2. The largest absolute Gasteiger partial charge is 0.495 e. The van der Waals surface area contributed by atoms with E-state index in [2.05, 4.69) is 46.0 Å². The first-order valence-electron chi connectivity index (χ1n) is 24.2. The number of thioether (sulfide) groups is 1. The molecule has 4 heterocycles. The Balaban J connectivity index is 0.797. The maximum atomic E-state index is 15.2. The van der Waals surface area contributed by atoms with E-state index in [0.717, 1.165) is 91.4 Å². The lowest BCUT2D eigenvalue weighted by molar-refractivity contribution is -0.143. The van der Waals surface area contributed by atoms with Gasteiger partial charge in [-0.1, -0.05) is 41.9 Å². The molecule has 5 N–H and O–H groups in total. The van der Waals surface area contributed by atoms with Gasteiger partial charge >= 0.3 is 0 Å². The van der Waals surface area contributed by atoms with Gasteiger partial charge in [0.15, 0.2) is 5.67 Å². The van der Waals surface area contributed by atoms with E-state index in [1.807, 2.05) is 68.7 Å². The molecule has 2 unspecified atom stereocenters. The number of carbonyl (C=O) groups is 3. The molecular formula is C50H66ClFN10O5S2. The zero-order chi connectivity index (χ0) is 48.9. The number of likely N-dealkylation sites (tertiary alicyclic amines) is 1. The van der Waals surface area contributed by atoms with Gasteiger partial charge in [-0.2, -0.15) is 16.7 Å². The summed E-state index contributed by atoms with van der Waals surface area (Å²) in [7, 11) is 3.33. The number of thiazole rings is 1. The molecule has 3 amide bonds. The summed E-state index contributed by atoms with van der Waals surface area (Å²) in [5.74, 6) is 1.98. The van der Waals surface area contributed by atoms with Crippen molar-refractivity contribution in [1.82, 2.24) is 40.3 Å². The average molecular weight is 1010 g/mol. The van der Waals surface area contributed by atoms with Crippen LogP contribution in [0.1, 0.15) is 88.3 Å². The van der Waals surface area contributed by atoms with Crippen LogP contribution in [0.5, 0.6) is 5.75 Å². The Kier molecular flexibility index (Phi) is 16.4. The normalized spacial score (nSPS) is 21.6. The maximum absolute atomic E-state index is 15.2. The standard InChI is InChI=1S/C50H66ClFN10O5S2/c1-31-41(68-30-56-31)35-14-12-32(13-15-35)26-54-44(63)39-7-6-20-62(39)46(65)42(58-47(66)50(52)18-19-50)49(2,3)69-29-34-10-8-33(9-11-34)28-60-21-23-61(24-22-60)45(64)36-16-17-38(40(25-36)67-5)57-48-55-27-37(51)43(53-4)59-48/h12-17,25,27,30,33-34,39,42,45,64H,6-11,18-24,26,28-29H2,1-5H3,(H,54,63)(H,58,66)(H2,53,55,57,59)/t33?,34?,39?,42-,45?/m1/s1. The Hall–Kier alpha value is -4.59. The summed E-state index contributed by atoms with van der Waals surface area (Å²) < 4.78 is 20.1. The number of alkyl halides is 1. The first kappa shape index (κ1) is 50.8. The number of aliphatic hydroxyl groups is 1. The van der Waals surface area contributed by atoms with E-state index in [-0.39, 0.29) is 24.7 Å². The molecular weight excluding hydrogens is 939 g/mol. The van der Waals surface area contributed by atoms with Gasteiger partial charge in [0.25, 0.3) is 5.91 Å². The van der Waals surface area contributed by atoms with E-state index in [1.54, 1.807) is 42.2 Å². The zero-order valence-electron chi connectivity index (χ0n) is 40.2. The van der Waals surface area contributed by atoms with Gasteiger partial charge in [0.2, 0.25) is 17.8 Å². The lowest BCUT2D eigenvalue weighted by Crippen LogP contribution is -2.61. The molecule has 3 atom stereocenters. The van der Waals surface area contributed by atoms with Gasteiger partial charge < -0.3 is 40.9 Å². The summed E-state index contributed by atoms with van der Waals surface area (Å²) in [6.45, 7) is 10.9. The fraction of sp³-hybridized carbons (Fsp3) is 0.560. The number of aryl methyl sites for hydroxylation is 1. The molecule has 2 aromatic carbocycles. The Morgan fingerprint density at radius 1 is 1.01 bits per heavy atom. The Morgan fingerprint density at radius 3 is 2.41 bits per heavy atom. The minimum absolute atomic E-state index is 0.151. The summed E-state index contributed by atoms with van der Waals surface area (Å²) in [5, 5.41) is 23.9. The summed E-state index contributed by atoms with van der Waals surface area (Å²) in [5.41, 5.74) is 4.30. The van der Waals surface area contributed by atoms with Crippen molar-refractivity contribution in [2.24, 2.45) is 11.8 Å². The first-order valence-corrected chi connectivity index (χ1v) is 26.4. The second-order valence-corrected chi connectivity index (χ2v) is 22.4. The van der Waals surface area contributed by atoms with Gasteiger partial charge in [0.05, 0.1) is 35.1 Å². The van der Waals surface area contributed by atoms with Crippen molar-refractivity contribution in [3.05, 3.63) is 76.0 Å². The van der Waals surface area contributed by atoms with Gasteiger partial charge in [-0.25, -0.2) is 14.4 Å². The number of nitrogens with one attached hydrogen (secondary N) is 4. The molecule has 2 saturated heterocycles. The molecule has 0 radical (unpaired) electrons. The molecule has 4 aliphatic rings. The van der Waals surface area contributed by atoms with E-state index in [0.29, 0.717) is 66.0 Å². The number of methoxy groups -OCH3 is 1. The molecule has 69 heavy (non-hydrogen) atoms. The van der Waals surface area contributed by atoms with Crippen LogP contribution in [0, 0.1) is 18.8 Å². The minimum atomic E-state index is -1.94. The predicted molar refractivity (Wildman–Crippen MR) is 272 cm³/mol. The third-order valence-electron chi connectivity index (χ3n) is 14.3. The van der Waals surface area contributed by atoms with Crippen molar-refractivity contribution in [3.63, 3.8) is 0 Å². The molecule has 2 saturated carbocycles. The highest BCUT2D eigenvalue weighted by Crippen LogP contribution is 2.42. The van der Waals surface area contributed by atoms with E-state index < -0.39 is 34.6 Å². The number of benzene rings is 2. The number of ether oxygens (including phenoxy) is 1. The van der Waals surface area contributed by atoms with Crippen molar-refractivity contribution >= 4 is 69.9 Å². The van der Waals surface area contributed by atoms with Crippen LogP contribution in [0.3, 0.4) is 0 Å². The Bertz CT molecular complexity index is 2430. The second-order valence-electron chi connectivity index (χ2n) is 19.5. The summed E-state index contributed by atoms with van der Waals surface area (Å²) in [4.78, 5) is 61.8. The number of carbonyl (C=O) groups excluding carboxylic acids is 3. The number of hydrogen-bond acceptors (Lipinski definition) is 14. The maximum Gasteiger partial charge on any atom is 0.258 e. The van der Waals surface area contributed by atoms with E-state index in [1.165, 1.54) is 6.20 Å². The lowest BCUT2D eigenvalue weighted by atomic mass is 9.82. The minimum Gasteiger partial charge on any atom is -0.495 e. The first-order chi connectivity index (χ1) is 33.1. The Labute approximate surface area is 418 Å². The molecule has 2 aromatic heterocycles. The quantitative estimate of drug-likeness (QED) is 0.0622. The molecule has 2 aliphatic heterocycles. The van der Waals surface area contributed by atoms with Crippen LogP contribution in [0.4, 0.5) is 21.8 Å². The van der Waals surface area contributed by atoms with Crippen LogP contribution in [-0.4, -0.2) is 134 Å². The van der Waals surface area contributed by atoms with Crippen LogP contribution in [0.25, 0.3) is 10.4 Å². The van der Waals surface area contributed by atoms with Gasteiger partial charge in [-0.15, -0.1) is 11.3 Å². The highest BCUT2D eigenvalue weighted by atomic mass is 35.5. The van der Waals surface area contributed by atoms with E-state index in [4.69, 9.17) is 16.3 Å². The number of rotatable bonds is 19. The monoisotopic (exact) mass is 1000 g/mol. The number of anilines is 3. The summed E-state index contributed by atoms with van der Waals surface area (Å²) in [6, 6.07) is 12.0.